The van der Waals surface area contributed by atoms with E-state index < -0.39 is 6.10 Å². The van der Waals surface area contributed by atoms with Gasteiger partial charge in [-0.25, -0.2) is 0 Å². The van der Waals surface area contributed by atoms with Gasteiger partial charge in [0, 0.05) is 19.0 Å². The van der Waals surface area contributed by atoms with Crippen LogP contribution in [0.2, 0.25) is 0 Å². The highest BCUT2D eigenvalue weighted by Crippen LogP contribution is 2.12. The van der Waals surface area contributed by atoms with E-state index in [4.69, 9.17) is 8.83 Å². The summed E-state index contributed by atoms with van der Waals surface area (Å²) in [6.45, 7) is 2.59. The van der Waals surface area contributed by atoms with E-state index in [9.17, 15) is 5.11 Å². The number of rotatable bonds is 7. The van der Waals surface area contributed by atoms with Gasteiger partial charge in [-0.1, -0.05) is 0 Å². The van der Waals surface area contributed by atoms with E-state index in [1.54, 1.807) is 24.7 Å². The van der Waals surface area contributed by atoms with Gasteiger partial charge in [0.15, 0.2) is 0 Å². The van der Waals surface area contributed by atoms with Gasteiger partial charge in [0.25, 0.3) is 0 Å². The maximum absolute atomic E-state index is 9.84. The zero-order chi connectivity index (χ0) is 12.8. The molecule has 2 heterocycles. The lowest BCUT2D eigenvalue weighted by Gasteiger charge is -2.15. The molecule has 0 aromatic carbocycles. The second kappa shape index (κ2) is 6.42. The molecule has 2 aromatic rings. The van der Waals surface area contributed by atoms with Crippen LogP contribution < -0.4 is 5.32 Å². The molecule has 4 nitrogen and oxygen atoms in total. The SMILES string of the molecule is CC(CCc1ccco1)NCC(O)c1ccco1. The molecule has 0 aliphatic carbocycles. The average Bonchev–Trinajstić information content (AvgIpc) is 3.05. The van der Waals surface area contributed by atoms with Gasteiger partial charge in [-0.3, -0.25) is 0 Å². The molecule has 2 atom stereocenters. The van der Waals surface area contributed by atoms with Crippen LogP contribution in [-0.2, 0) is 6.42 Å². The number of hydrogen-bond donors (Lipinski definition) is 2. The second-order valence-corrected chi connectivity index (χ2v) is 4.46. The van der Waals surface area contributed by atoms with Crippen molar-refractivity contribution >= 4 is 0 Å². The first-order valence-corrected chi connectivity index (χ1v) is 6.23. The molecule has 18 heavy (non-hydrogen) atoms. The predicted molar refractivity (Wildman–Crippen MR) is 68.2 cm³/mol. The molecule has 0 radical (unpaired) electrons. The fourth-order valence-electron chi connectivity index (χ4n) is 1.81. The van der Waals surface area contributed by atoms with Gasteiger partial charge in [0.2, 0.25) is 0 Å². The van der Waals surface area contributed by atoms with Crippen LogP contribution in [0.15, 0.2) is 45.6 Å². The lowest BCUT2D eigenvalue weighted by molar-refractivity contribution is 0.143. The van der Waals surface area contributed by atoms with E-state index in [2.05, 4.69) is 12.2 Å². The van der Waals surface area contributed by atoms with E-state index in [1.807, 2.05) is 12.1 Å². The summed E-state index contributed by atoms with van der Waals surface area (Å²) >= 11 is 0. The first-order chi connectivity index (χ1) is 8.75. The van der Waals surface area contributed by atoms with Crippen LogP contribution in [0.25, 0.3) is 0 Å². The Morgan fingerprint density at radius 3 is 2.67 bits per heavy atom. The zero-order valence-corrected chi connectivity index (χ0v) is 10.5. The maximum atomic E-state index is 9.84. The quantitative estimate of drug-likeness (QED) is 0.791. The Balaban J connectivity index is 1.67. The van der Waals surface area contributed by atoms with Gasteiger partial charge in [-0.05, 0) is 37.6 Å². The van der Waals surface area contributed by atoms with Gasteiger partial charge in [-0.15, -0.1) is 0 Å². The Kier molecular flexibility index (Phi) is 4.61. The van der Waals surface area contributed by atoms with Crippen LogP contribution in [0.4, 0.5) is 0 Å². The molecule has 2 rings (SSSR count). The molecule has 2 N–H and O–H groups in total. The Morgan fingerprint density at radius 2 is 2.00 bits per heavy atom. The summed E-state index contributed by atoms with van der Waals surface area (Å²) in [5.41, 5.74) is 0. The van der Waals surface area contributed by atoms with Crippen molar-refractivity contribution in [3.05, 3.63) is 48.3 Å². The van der Waals surface area contributed by atoms with Crippen LogP contribution in [0.1, 0.15) is 31.0 Å². The van der Waals surface area contributed by atoms with Gasteiger partial charge in [0.1, 0.15) is 17.6 Å². The van der Waals surface area contributed by atoms with Crippen LogP contribution in [0.5, 0.6) is 0 Å². The molecule has 98 valence electrons. The molecule has 0 aliphatic rings. The highest BCUT2D eigenvalue weighted by Gasteiger charge is 2.11. The predicted octanol–water partition coefficient (Wildman–Crippen LogP) is 2.52. The summed E-state index contributed by atoms with van der Waals surface area (Å²) in [6.07, 6.45) is 4.54. The molecule has 0 saturated heterocycles. The summed E-state index contributed by atoms with van der Waals surface area (Å²) in [6, 6.07) is 7.75. The van der Waals surface area contributed by atoms with Crippen LogP contribution in [0.3, 0.4) is 0 Å². The third-order valence-corrected chi connectivity index (χ3v) is 2.94. The summed E-state index contributed by atoms with van der Waals surface area (Å²) in [7, 11) is 0. The van der Waals surface area contributed by atoms with Crippen molar-refractivity contribution < 1.29 is 13.9 Å². The van der Waals surface area contributed by atoms with Gasteiger partial charge in [0.05, 0.1) is 12.5 Å². The minimum absolute atomic E-state index is 0.319. The van der Waals surface area contributed by atoms with Crippen LogP contribution in [-0.4, -0.2) is 17.7 Å². The van der Waals surface area contributed by atoms with Crippen molar-refractivity contribution in [1.82, 2.24) is 5.32 Å². The molecule has 0 spiro atoms. The fourth-order valence-corrected chi connectivity index (χ4v) is 1.81. The highest BCUT2D eigenvalue weighted by atomic mass is 16.4. The summed E-state index contributed by atoms with van der Waals surface area (Å²) in [4.78, 5) is 0. The highest BCUT2D eigenvalue weighted by molar-refractivity contribution is 5.02. The Bertz CT molecular complexity index is 422. The van der Waals surface area contributed by atoms with Crippen molar-refractivity contribution in [3.8, 4) is 0 Å². The van der Waals surface area contributed by atoms with Crippen LogP contribution in [0, 0.1) is 0 Å². The average molecular weight is 249 g/mol. The first kappa shape index (κ1) is 12.9. The second-order valence-electron chi connectivity index (χ2n) is 4.46. The van der Waals surface area contributed by atoms with Crippen LogP contribution >= 0.6 is 0 Å². The van der Waals surface area contributed by atoms with Crippen molar-refractivity contribution in [1.29, 1.82) is 0 Å². The molecule has 0 fully saturated rings. The minimum atomic E-state index is -0.592. The molecule has 0 aliphatic heterocycles. The number of aryl methyl sites for hydroxylation is 1. The van der Waals surface area contributed by atoms with E-state index >= 15 is 0 Å². The molecular weight excluding hydrogens is 230 g/mol. The third-order valence-electron chi connectivity index (χ3n) is 2.94. The summed E-state index contributed by atoms with van der Waals surface area (Å²) in [5, 5.41) is 13.1. The lowest BCUT2D eigenvalue weighted by Crippen LogP contribution is -2.30. The molecule has 0 bridgehead atoms. The molecular formula is C14H19NO3. The zero-order valence-electron chi connectivity index (χ0n) is 10.5. The normalized spacial score (nSPS) is 14.6. The number of aliphatic hydroxyl groups is 1. The largest absolute Gasteiger partial charge is 0.469 e. The summed E-state index contributed by atoms with van der Waals surface area (Å²) in [5.74, 6) is 1.59. The number of furan rings is 2. The summed E-state index contributed by atoms with van der Waals surface area (Å²) < 4.78 is 10.4. The topological polar surface area (TPSA) is 58.5 Å². The van der Waals surface area contributed by atoms with Gasteiger partial charge < -0.3 is 19.3 Å². The van der Waals surface area contributed by atoms with Crippen molar-refractivity contribution in [2.75, 3.05) is 6.54 Å². The molecule has 0 saturated carbocycles. The van der Waals surface area contributed by atoms with Crippen molar-refractivity contribution in [2.24, 2.45) is 0 Å². The third kappa shape index (κ3) is 3.75. The molecule has 4 heteroatoms. The monoisotopic (exact) mass is 249 g/mol. The van der Waals surface area contributed by atoms with E-state index in [0.29, 0.717) is 18.3 Å². The van der Waals surface area contributed by atoms with E-state index in [0.717, 1.165) is 18.6 Å². The maximum Gasteiger partial charge on any atom is 0.133 e. The number of hydrogen-bond acceptors (Lipinski definition) is 4. The van der Waals surface area contributed by atoms with Crippen molar-refractivity contribution in [3.63, 3.8) is 0 Å². The van der Waals surface area contributed by atoms with Gasteiger partial charge >= 0.3 is 0 Å². The lowest BCUT2D eigenvalue weighted by atomic mass is 10.1. The Labute approximate surface area is 107 Å². The smallest absolute Gasteiger partial charge is 0.133 e. The molecule has 2 unspecified atom stereocenters. The number of nitrogens with one attached hydrogen (secondary N) is 1. The molecule has 0 amide bonds. The molecule has 2 aromatic heterocycles. The Hall–Kier alpha value is -1.52. The minimum Gasteiger partial charge on any atom is -0.469 e. The standard InChI is InChI=1S/C14H19NO3/c1-11(6-7-12-4-2-8-17-12)15-10-13(16)14-5-3-9-18-14/h2-5,8-9,11,13,15-16H,6-7,10H2,1H3. The van der Waals surface area contributed by atoms with Crippen molar-refractivity contribution in [2.45, 2.75) is 31.9 Å². The fraction of sp³-hybridized carbons (Fsp3) is 0.429. The van der Waals surface area contributed by atoms with Gasteiger partial charge in [-0.2, -0.15) is 0 Å². The first-order valence-electron chi connectivity index (χ1n) is 6.23. The van der Waals surface area contributed by atoms with E-state index in [-0.39, 0.29) is 0 Å². The van der Waals surface area contributed by atoms with E-state index in [1.165, 1.54) is 0 Å². The number of aliphatic hydroxyl groups excluding tert-OH is 1. The Morgan fingerprint density at radius 1 is 1.22 bits per heavy atom.